The summed E-state index contributed by atoms with van der Waals surface area (Å²) in [6, 6.07) is 15.8. The van der Waals surface area contributed by atoms with Crippen LogP contribution in [-0.4, -0.2) is 38.5 Å². The zero-order chi connectivity index (χ0) is 18.0. The van der Waals surface area contributed by atoms with E-state index >= 15 is 0 Å². The Bertz CT molecular complexity index is 864. The molecule has 26 heavy (non-hydrogen) atoms. The number of hydrogen-bond acceptors (Lipinski definition) is 3. The van der Waals surface area contributed by atoms with Crippen molar-refractivity contribution in [2.24, 2.45) is 0 Å². The van der Waals surface area contributed by atoms with Crippen LogP contribution in [-0.2, 0) is 34.0 Å². The number of morpholine rings is 1. The van der Waals surface area contributed by atoms with Crippen molar-refractivity contribution in [2.45, 2.75) is 43.1 Å². The fourth-order valence-electron chi connectivity index (χ4n) is 3.93. The fourth-order valence-corrected chi connectivity index (χ4v) is 5.44. The molecule has 0 saturated carbocycles. The Balaban J connectivity index is 1.52. The monoisotopic (exact) mass is 371 g/mol. The minimum absolute atomic E-state index is 0.0986. The predicted octanol–water partition coefficient (Wildman–Crippen LogP) is 3.20. The molecule has 1 aliphatic carbocycles. The van der Waals surface area contributed by atoms with Gasteiger partial charge in [-0.2, -0.15) is 4.31 Å². The van der Waals surface area contributed by atoms with Crippen LogP contribution in [0, 0.1) is 0 Å². The maximum absolute atomic E-state index is 13.1. The van der Waals surface area contributed by atoms with E-state index < -0.39 is 10.0 Å². The van der Waals surface area contributed by atoms with Crippen LogP contribution in [0.5, 0.6) is 0 Å². The van der Waals surface area contributed by atoms with Gasteiger partial charge in [0.05, 0.1) is 17.6 Å². The van der Waals surface area contributed by atoms with Gasteiger partial charge >= 0.3 is 0 Å². The zero-order valence-electron chi connectivity index (χ0n) is 14.9. The number of rotatable bonds is 4. The second kappa shape index (κ2) is 7.51. The molecule has 0 radical (unpaired) electrons. The molecule has 0 spiro atoms. The van der Waals surface area contributed by atoms with Crippen LogP contribution in [0.1, 0.15) is 29.5 Å². The Labute approximate surface area is 155 Å². The van der Waals surface area contributed by atoms with Gasteiger partial charge < -0.3 is 4.74 Å². The second-order valence-corrected chi connectivity index (χ2v) is 9.12. The third kappa shape index (κ3) is 3.70. The summed E-state index contributed by atoms with van der Waals surface area (Å²) in [6.45, 7) is 1.28. The molecule has 4 nitrogen and oxygen atoms in total. The molecule has 2 aliphatic rings. The van der Waals surface area contributed by atoms with Gasteiger partial charge in [-0.05, 0) is 60.9 Å². The summed E-state index contributed by atoms with van der Waals surface area (Å²) in [5.41, 5.74) is 3.68. The summed E-state index contributed by atoms with van der Waals surface area (Å²) >= 11 is 0. The number of fused-ring (bicyclic) bond motifs is 1. The lowest BCUT2D eigenvalue weighted by atomic mass is 9.92. The quantitative estimate of drug-likeness (QED) is 0.829. The van der Waals surface area contributed by atoms with Crippen LogP contribution in [0.3, 0.4) is 0 Å². The van der Waals surface area contributed by atoms with Gasteiger partial charge in [-0.3, -0.25) is 0 Å². The van der Waals surface area contributed by atoms with Crippen molar-refractivity contribution in [1.29, 1.82) is 0 Å². The molecule has 4 rings (SSSR count). The fraction of sp³-hybridized carbons (Fsp3) is 0.429. The summed E-state index contributed by atoms with van der Waals surface area (Å²) in [6.07, 6.45) is 5.03. The number of aryl methyl sites for hydroxylation is 2. The van der Waals surface area contributed by atoms with Gasteiger partial charge in [0, 0.05) is 13.1 Å². The lowest BCUT2D eigenvalue weighted by Crippen LogP contribution is -2.46. The molecule has 138 valence electrons. The molecule has 0 amide bonds. The van der Waals surface area contributed by atoms with Crippen LogP contribution in [0.25, 0.3) is 0 Å². The zero-order valence-corrected chi connectivity index (χ0v) is 15.7. The third-order valence-electron chi connectivity index (χ3n) is 5.37. The van der Waals surface area contributed by atoms with Gasteiger partial charge in [-0.25, -0.2) is 8.42 Å². The average Bonchev–Trinajstić information content (AvgIpc) is 2.68. The standard InChI is InChI=1S/C21H25NO3S/c23-26(24,21-11-10-18-8-4-5-9-19(18)15-21)22-12-13-25-20(16-22)14-17-6-2-1-3-7-17/h1-3,6-7,10-11,15,20H,4-5,8-9,12-14,16H2/t20-/m1/s1. The van der Waals surface area contributed by atoms with Gasteiger partial charge in [0.25, 0.3) is 0 Å². The lowest BCUT2D eigenvalue weighted by molar-refractivity contribution is -0.000496. The van der Waals surface area contributed by atoms with E-state index in [1.165, 1.54) is 23.1 Å². The first-order valence-corrected chi connectivity index (χ1v) is 10.8. The molecule has 1 saturated heterocycles. The van der Waals surface area contributed by atoms with Crippen molar-refractivity contribution in [1.82, 2.24) is 4.31 Å². The maximum Gasteiger partial charge on any atom is 0.243 e. The van der Waals surface area contributed by atoms with Crippen molar-refractivity contribution in [3.63, 3.8) is 0 Å². The summed E-state index contributed by atoms with van der Waals surface area (Å²) in [5.74, 6) is 0. The first kappa shape index (κ1) is 17.7. The maximum atomic E-state index is 13.1. The smallest absolute Gasteiger partial charge is 0.243 e. The van der Waals surface area contributed by atoms with Crippen molar-refractivity contribution >= 4 is 10.0 Å². The topological polar surface area (TPSA) is 46.6 Å². The summed E-state index contributed by atoms with van der Waals surface area (Å²) in [4.78, 5) is 0.429. The number of sulfonamides is 1. The van der Waals surface area contributed by atoms with Crippen molar-refractivity contribution in [3.8, 4) is 0 Å². The van der Waals surface area contributed by atoms with E-state index in [1.807, 2.05) is 30.3 Å². The van der Waals surface area contributed by atoms with E-state index in [9.17, 15) is 8.42 Å². The lowest BCUT2D eigenvalue weighted by Gasteiger charge is -2.32. The first-order valence-electron chi connectivity index (χ1n) is 9.40. The van der Waals surface area contributed by atoms with Gasteiger partial charge in [0.1, 0.15) is 0 Å². The van der Waals surface area contributed by atoms with E-state index in [2.05, 4.69) is 12.1 Å². The minimum atomic E-state index is -3.47. The molecule has 2 aromatic rings. The molecule has 1 atom stereocenters. The normalized spacial score (nSPS) is 21.3. The molecule has 1 heterocycles. The Kier molecular flexibility index (Phi) is 5.11. The number of nitrogens with zero attached hydrogens (tertiary/aromatic N) is 1. The summed E-state index contributed by atoms with van der Waals surface area (Å²) in [7, 11) is -3.47. The van der Waals surface area contributed by atoms with E-state index in [0.29, 0.717) is 24.6 Å². The second-order valence-electron chi connectivity index (χ2n) is 7.18. The molecule has 1 aliphatic heterocycles. The highest BCUT2D eigenvalue weighted by atomic mass is 32.2. The number of ether oxygens (including phenoxy) is 1. The molecule has 5 heteroatoms. The third-order valence-corrected chi connectivity index (χ3v) is 7.23. The summed E-state index contributed by atoms with van der Waals surface area (Å²) in [5, 5.41) is 0. The molecular weight excluding hydrogens is 346 g/mol. The van der Waals surface area contributed by atoms with Gasteiger partial charge in [0.15, 0.2) is 0 Å². The Morgan fingerprint density at radius 3 is 2.58 bits per heavy atom. The first-order chi connectivity index (χ1) is 12.6. The van der Waals surface area contributed by atoms with Gasteiger partial charge in [-0.1, -0.05) is 36.4 Å². The highest BCUT2D eigenvalue weighted by molar-refractivity contribution is 7.89. The Morgan fingerprint density at radius 2 is 1.77 bits per heavy atom. The van der Waals surface area contributed by atoms with Crippen LogP contribution >= 0.6 is 0 Å². The molecule has 0 aromatic heterocycles. The molecule has 0 bridgehead atoms. The van der Waals surface area contributed by atoms with Crippen LogP contribution in [0.2, 0.25) is 0 Å². The van der Waals surface area contributed by atoms with Crippen LogP contribution in [0.15, 0.2) is 53.4 Å². The van der Waals surface area contributed by atoms with Gasteiger partial charge in [-0.15, -0.1) is 0 Å². The minimum Gasteiger partial charge on any atom is -0.375 e. The highest BCUT2D eigenvalue weighted by Gasteiger charge is 2.31. The Morgan fingerprint density at radius 1 is 1.00 bits per heavy atom. The highest BCUT2D eigenvalue weighted by Crippen LogP contribution is 2.26. The molecule has 2 aromatic carbocycles. The van der Waals surface area contributed by atoms with Crippen LogP contribution < -0.4 is 0 Å². The number of benzene rings is 2. The van der Waals surface area contributed by atoms with Crippen molar-refractivity contribution in [2.75, 3.05) is 19.7 Å². The van der Waals surface area contributed by atoms with E-state index in [0.717, 1.165) is 25.7 Å². The largest absolute Gasteiger partial charge is 0.375 e. The predicted molar refractivity (Wildman–Crippen MR) is 102 cm³/mol. The average molecular weight is 372 g/mol. The van der Waals surface area contributed by atoms with Crippen LogP contribution in [0.4, 0.5) is 0 Å². The molecular formula is C21H25NO3S. The molecule has 1 fully saturated rings. The summed E-state index contributed by atoms with van der Waals surface area (Å²) < 4.78 is 33.7. The molecule has 0 unspecified atom stereocenters. The molecule has 0 N–H and O–H groups in total. The van der Waals surface area contributed by atoms with Crippen molar-refractivity contribution in [3.05, 3.63) is 65.2 Å². The SMILES string of the molecule is O=S(=O)(c1ccc2c(c1)CCCC2)N1CCO[C@H](Cc2ccccc2)C1. The number of hydrogen-bond donors (Lipinski definition) is 0. The van der Waals surface area contributed by atoms with Crippen molar-refractivity contribution < 1.29 is 13.2 Å². The van der Waals surface area contributed by atoms with E-state index in [1.54, 1.807) is 10.4 Å². The van der Waals surface area contributed by atoms with E-state index in [4.69, 9.17) is 4.74 Å². The van der Waals surface area contributed by atoms with Gasteiger partial charge in [0.2, 0.25) is 10.0 Å². The Hall–Kier alpha value is -1.69. The van der Waals surface area contributed by atoms with E-state index in [-0.39, 0.29) is 6.10 Å².